The number of nitrogens with zero attached hydrogens (tertiary/aromatic N) is 2. The van der Waals surface area contributed by atoms with Gasteiger partial charge >= 0.3 is 0 Å². The van der Waals surface area contributed by atoms with Gasteiger partial charge in [-0.05, 0) is 25.7 Å². The van der Waals surface area contributed by atoms with Crippen LogP contribution in [0.25, 0.3) is 0 Å². The third-order valence-electron chi connectivity index (χ3n) is 9.82. The zero-order valence-electron chi connectivity index (χ0n) is 29.7. The van der Waals surface area contributed by atoms with E-state index in [1.54, 1.807) is 0 Å². The van der Waals surface area contributed by atoms with Crippen LogP contribution in [0.5, 0.6) is 0 Å². The molecule has 42 heavy (non-hydrogen) atoms. The van der Waals surface area contributed by atoms with E-state index in [0.717, 1.165) is 0 Å². The van der Waals surface area contributed by atoms with Gasteiger partial charge in [0.25, 0.3) is 0 Å². The van der Waals surface area contributed by atoms with Gasteiger partial charge in [0, 0.05) is 25.5 Å². The SMILES string of the molecule is CCCCCCCCCCCCCCCCCN1C=CN(CCCCCCCCC)C1CCCCCCCCCCC. The van der Waals surface area contributed by atoms with Gasteiger partial charge in [0.2, 0.25) is 0 Å². The standard InChI is InChI=1S/C40H80N2/c1-4-7-10-13-16-18-19-20-21-22-23-25-28-31-34-37-42-39-38-41(36-33-30-27-15-12-9-6-3)40(42)35-32-29-26-24-17-14-11-8-5-2/h38-40H,4-37H2,1-3H3. The first kappa shape index (κ1) is 39.4. The fourth-order valence-corrected chi connectivity index (χ4v) is 6.89. The molecular weight excluding hydrogens is 508 g/mol. The van der Waals surface area contributed by atoms with Crippen molar-refractivity contribution in [3.05, 3.63) is 12.4 Å². The predicted octanol–water partition coefficient (Wildman–Crippen LogP) is 13.9. The highest BCUT2D eigenvalue weighted by atomic mass is 15.4. The van der Waals surface area contributed by atoms with Crippen molar-refractivity contribution in [2.45, 2.75) is 232 Å². The van der Waals surface area contributed by atoms with Crippen molar-refractivity contribution in [2.75, 3.05) is 13.1 Å². The highest BCUT2D eigenvalue weighted by Gasteiger charge is 2.24. The first-order valence-corrected chi connectivity index (χ1v) is 20.0. The molecule has 1 rings (SSSR count). The lowest BCUT2D eigenvalue weighted by Crippen LogP contribution is -2.39. The Morgan fingerprint density at radius 3 is 0.833 bits per heavy atom. The lowest BCUT2D eigenvalue weighted by Gasteiger charge is -2.33. The van der Waals surface area contributed by atoms with Crippen LogP contribution in [0.3, 0.4) is 0 Å². The molecule has 0 aromatic rings. The molecule has 1 heterocycles. The van der Waals surface area contributed by atoms with Crippen LogP contribution in [-0.4, -0.2) is 29.1 Å². The Hall–Kier alpha value is -0.660. The summed E-state index contributed by atoms with van der Waals surface area (Å²) in [6.45, 7) is 9.48. The second-order valence-electron chi connectivity index (χ2n) is 13.9. The molecule has 0 amide bonds. The molecule has 2 heteroatoms. The molecule has 0 aliphatic carbocycles. The normalized spacial score (nSPS) is 15.0. The van der Waals surface area contributed by atoms with Crippen molar-refractivity contribution < 1.29 is 0 Å². The van der Waals surface area contributed by atoms with Crippen LogP contribution in [-0.2, 0) is 0 Å². The van der Waals surface area contributed by atoms with E-state index in [0.29, 0.717) is 6.17 Å². The summed E-state index contributed by atoms with van der Waals surface area (Å²) >= 11 is 0. The lowest BCUT2D eigenvalue weighted by molar-refractivity contribution is 0.135. The van der Waals surface area contributed by atoms with Crippen LogP contribution in [0.4, 0.5) is 0 Å². The number of hydrogen-bond donors (Lipinski definition) is 0. The van der Waals surface area contributed by atoms with E-state index in [1.807, 2.05) is 0 Å². The van der Waals surface area contributed by atoms with Gasteiger partial charge in [0.05, 0.1) is 0 Å². The minimum Gasteiger partial charge on any atom is -0.356 e. The summed E-state index contributed by atoms with van der Waals surface area (Å²) < 4.78 is 0. The Balaban J connectivity index is 2.17. The Morgan fingerprint density at radius 2 is 0.548 bits per heavy atom. The maximum absolute atomic E-state index is 2.72. The summed E-state index contributed by atoms with van der Waals surface area (Å²) in [5, 5.41) is 0. The second-order valence-corrected chi connectivity index (χ2v) is 13.9. The van der Waals surface area contributed by atoms with Gasteiger partial charge in [-0.15, -0.1) is 0 Å². The molecular formula is C40H80N2. The summed E-state index contributed by atoms with van der Waals surface area (Å²) in [6.07, 6.45) is 51.4. The third-order valence-corrected chi connectivity index (χ3v) is 9.82. The molecule has 0 radical (unpaired) electrons. The van der Waals surface area contributed by atoms with E-state index >= 15 is 0 Å². The monoisotopic (exact) mass is 589 g/mol. The van der Waals surface area contributed by atoms with E-state index in [-0.39, 0.29) is 0 Å². The van der Waals surface area contributed by atoms with Crippen LogP contribution in [0.1, 0.15) is 226 Å². The Labute approximate surface area is 267 Å². The van der Waals surface area contributed by atoms with Gasteiger partial charge in [-0.25, -0.2) is 0 Å². The molecule has 1 aliphatic heterocycles. The van der Waals surface area contributed by atoms with Gasteiger partial charge in [-0.2, -0.15) is 0 Å². The molecule has 1 aliphatic rings. The Kier molecular flexibility index (Phi) is 29.8. The van der Waals surface area contributed by atoms with Crippen molar-refractivity contribution in [1.82, 2.24) is 9.80 Å². The summed E-state index contributed by atoms with van der Waals surface area (Å²) in [7, 11) is 0. The van der Waals surface area contributed by atoms with Crippen molar-refractivity contribution >= 4 is 0 Å². The summed E-state index contributed by atoms with van der Waals surface area (Å²) in [5.41, 5.74) is 0. The number of hydrogen-bond acceptors (Lipinski definition) is 2. The maximum Gasteiger partial charge on any atom is 0.101 e. The van der Waals surface area contributed by atoms with E-state index in [9.17, 15) is 0 Å². The van der Waals surface area contributed by atoms with Gasteiger partial charge in [-0.1, -0.05) is 201 Å². The van der Waals surface area contributed by atoms with Crippen LogP contribution >= 0.6 is 0 Å². The van der Waals surface area contributed by atoms with Crippen molar-refractivity contribution in [2.24, 2.45) is 0 Å². The van der Waals surface area contributed by atoms with Crippen LogP contribution in [0.15, 0.2) is 12.4 Å². The first-order chi connectivity index (χ1) is 20.8. The minimum atomic E-state index is 0.640. The smallest absolute Gasteiger partial charge is 0.101 e. The average Bonchev–Trinajstić information content (AvgIpc) is 3.38. The van der Waals surface area contributed by atoms with Crippen LogP contribution < -0.4 is 0 Å². The lowest BCUT2D eigenvalue weighted by atomic mass is 10.0. The Morgan fingerprint density at radius 1 is 0.310 bits per heavy atom. The highest BCUT2D eigenvalue weighted by molar-refractivity contribution is 4.97. The average molecular weight is 589 g/mol. The zero-order valence-corrected chi connectivity index (χ0v) is 29.7. The molecule has 1 atom stereocenters. The predicted molar refractivity (Wildman–Crippen MR) is 191 cm³/mol. The first-order valence-electron chi connectivity index (χ1n) is 20.0. The van der Waals surface area contributed by atoms with E-state index < -0.39 is 0 Å². The molecule has 0 bridgehead atoms. The molecule has 0 saturated heterocycles. The summed E-state index contributed by atoms with van der Waals surface area (Å²) in [5.74, 6) is 0. The van der Waals surface area contributed by atoms with E-state index in [2.05, 4.69) is 43.0 Å². The summed E-state index contributed by atoms with van der Waals surface area (Å²) in [4.78, 5) is 5.43. The Bertz CT molecular complexity index is 544. The molecule has 0 spiro atoms. The van der Waals surface area contributed by atoms with E-state index in [4.69, 9.17) is 0 Å². The third kappa shape index (κ3) is 23.8. The van der Waals surface area contributed by atoms with Gasteiger partial charge in [-0.3, -0.25) is 0 Å². The largest absolute Gasteiger partial charge is 0.356 e. The van der Waals surface area contributed by atoms with Gasteiger partial charge < -0.3 is 9.80 Å². The fourth-order valence-electron chi connectivity index (χ4n) is 6.89. The fraction of sp³-hybridized carbons (Fsp3) is 0.950. The number of rotatable bonds is 34. The minimum absolute atomic E-state index is 0.640. The van der Waals surface area contributed by atoms with Crippen molar-refractivity contribution in [3.8, 4) is 0 Å². The quantitative estimate of drug-likeness (QED) is 0.0690. The highest BCUT2D eigenvalue weighted by Crippen LogP contribution is 2.24. The van der Waals surface area contributed by atoms with E-state index in [1.165, 1.54) is 219 Å². The van der Waals surface area contributed by atoms with Crippen LogP contribution in [0, 0.1) is 0 Å². The molecule has 2 nitrogen and oxygen atoms in total. The maximum atomic E-state index is 2.72. The second kappa shape index (κ2) is 31.8. The van der Waals surface area contributed by atoms with Crippen molar-refractivity contribution in [1.29, 1.82) is 0 Å². The van der Waals surface area contributed by atoms with Gasteiger partial charge in [0.15, 0.2) is 0 Å². The molecule has 0 aromatic carbocycles. The number of unbranched alkanes of at least 4 members (excludes halogenated alkanes) is 28. The molecule has 0 aromatic heterocycles. The molecule has 0 N–H and O–H groups in total. The van der Waals surface area contributed by atoms with Crippen LogP contribution in [0.2, 0.25) is 0 Å². The molecule has 1 unspecified atom stereocenters. The molecule has 0 fully saturated rings. The topological polar surface area (TPSA) is 6.48 Å². The zero-order chi connectivity index (χ0) is 30.2. The van der Waals surface area contributed by atoms with Gasteiger partial charge in [0.1, 0.15) is 6.17 Å². The van der Waals surface area contributed by atoms with Crippen molar-refractivity contribution in [3.63, 3.8) is 0 Å². The molecule has 250 valence electrons. The summed E-state index contributed by atoms with van der Waals surface area (Å²) in [6, 6.07) is 0. The molecule has 0 saturated carbocycles.